The summed E-state index contributed by atoms with van der Waals surface area (Å²) in [5, 5.41) is 13.8. The molecule has 0 aliphatic carbocycles. The maximum atomic E-state index is 13.0. The van der Waals surface area contributed by atoms with E-state index in [1.54, 1.807) is 12.5 Å². The summed E-state index contributed by atoms with van der Waals surface area (Å²) in [6, 6.07) is 5.76. The Balaban J connectivity index is 0.000000672. The molecule has 0 saturated heterocycles. The molecule has 0 spiro atoms. The quantitative estimate of drug-likeness (QED) is 0.596. The smallest absolute Gasteiger partial charge is 0.290 e. The van der Waals surface area contributed by atoms with Gasteiger partial charge in [-0.15, -0.1) is 0 Å². The van der Waals surface area contributed by atoms with Gasteiger partial charge in [0.1, 0.15) is 5.75 Å². The summed E-state index contributed by atoms with van der Waals surface area (Å²) in [5.41, 5.74) is 2.78. The molecule has 1 aromatic heterocycles. The van der Waals surface area contributed by atoms with Crippen molar-refractivity contribution in [3.8, 4) is 5.75 Å². The molecule has 0 atom stereocenters. The topological polar surface area (TPSA) is 136 Å². The first-order chi connectivity index (χ1) is 14.5. The van der Waals surface area contributed by atoms with Crippen LogP contribution in [0.1, 0.15) is 28.0 Å². The van der Waals surface area contributed by atoms with Gasteiger partial charge in [-0.05, 0) is 50.7 Å². The third kappa shape index (κ3) is 8.31. The molecular formula is C20H28N4O6. The fraction of sp³-hybridized carbons (Fsp3) is 0.400. The number of fused-ring (bicyclic) bond motifs is 1. The van der Waals surface area contributed by atoms with Crippen molar-refractivity contribution < 1.29 is 29.3 Å². The third-order valence-corrected chi connectivity index (χ3v) is 4.18. The molecule has 30 heavy (non-hydrogen) atoms. The highest BCUT2D eigenvalue weighted by atomic mass is 16.5. The van der Waals surface area contributed by atoms with Gasteiger partial charge in [0.15, 0.2) is 0 Å². The summed E-state index contributed by atoms with van der Waals surface area (Å²) in [6.45, 7) is 2.27. The number of carboxylic acid groups (broad SMARTS) is 2. The molecule has 2 heterocycles. The number of aromatic amines is 1. The zero-order chi connectivity index (χ0) is 22.4. The number of benzene rings is 1. The highest BCUT2D eigenvalue weighted by Crippen LogP contribution is 2.26. The Bertz CT molecular complexity index is 774. The maximum absolute atomic E-state index is 13.0. The van der Waals surface area contributed by atoms with Gasteiger partial charge >= 0.3 is 0 Å². The Hall–Kier alpha value is -3.40. The van der Waals surface area contributed by atoms with E-state index in [0.29, 0.717) is 13.1 Å². The Morgan fingerprint density at radius 3 is 2.53 bits per heavy atom. The second kappa shape index (κ2) is 13.7. The third-order valence-electron chi connectivity index (χ3n) is 4.18. The van der Waals surface area contributed by atoms with E-state index in [2.05, 4.69) is 14.9 Å². The fourth-order valence-electron chi connectivity index (χ4n) is 2.83. The summed E-state index contributed by atoms with van der Waals surface area (Å²) in [7, 11) is 4.02. The van der Waals surface area contributed by atoms with Gasteiger partial charge in [0.05, 0.1) is 25.2 Å². The van der Waals surface area contributed by atoms with Crippen molar-refractivity contribution in [3.05, 3.63) is 47.5 Å². The minimum Gasteiger partial charge on any atom is -0.493 e. The van der Waals surface area contributed by atoms with Crippen LogP contribution >= 0.6 is 0 Å². The molecule has 10 nitrogen and oxygen atoms in total. The summed E-state index contributed by atoms with van der Waals surface area (Å²) >= 11 is 0. The molecule has 1 amide bonds. The number of nitrogens with zero attached hydrogens (tertiary/aromatic N) is 3. The first-order valence-corrected chi connectivity index (χ1v) is 9.29. The van der Waals surface area contributed by atoms with Crippen LogP contribution in [-0.4, -0.2) is 82.6 Å². The van der Waals surface area contributed by atoms with Gasteiger partial charge in [0, 0.05) is 24.8 Å². The van der Waals surface area contributed by atoms with E-state index in [1.807, 2.05) is 37.2 Å². The van der Waals surface area contributed by atoms with E-state index in [4.69, 9.17) is 24.5 Å². The van der Waals surface area contributed by atoms with Crippen molar-refractivity contribution >= 4 is 18.9 Å². The fourth-order valence-corrected chi connectivity index (χ4v) is 2.83. The van der Waals surface area contributed by atoms with Crippen LogP contribution in [0.2, 0.25) is 0 Å². The molecule has 1 aliphatic rings. The number of likely N-dealkylation sites (N-methyl/N-ethyl adjacent to an activating group) is 1. The van der Waals surface area contributed by atoms with Crippen molar-refractivity contribution in [2.75, 3.05) is 33.8 Å². The van der Waals surface area contributed by atoms with Crippen LogP contribution < -0.4 is 4.74 Å². The monoisotopic (exact) mass is 420 g/mol. The number of aromatic nitrogens is 2. The number of hydrogen-bond donors (Lipinski definition) is 3. The highest BCUT2D eigenvalue weighted by Gasteiger charge is 2.19. The van der Waals surface area contributed by atoms with E-state index in [9.17, 15) is 4.79 Å². The predicted molar refractivity (Wildman–Crippen MR) is 110 cm³/mol. The van der Waals surface area contributed by atoms with Gasteiger partial charge in [0.2, 0.25) is 0 Å². The van der Waals surface area contributed by atoms with Gasteiger partial charge in [-0.2, -0.15) is 0 Å². The molecule has 164 valence electrons. The number of imidazole rings is 1. The molecule has 3 rings (SSSR count). The van der Waals surface area contributed by atoms with Gasteiger partial charge in [-0.3, -0.25) is 14.4 Å². The average Bonchev–Trinajstić information content (AvgIpc) is 3.24. The molecule has 1 aliphatic heterocycles. The van der Waals surface area contributed by atoms with E-state index in [1.165, 1.54) is 0 Å². The molecule has 1 aromatic carbocycles. The Morgan fingerprint density at radius 2 is 1.93 bits per heavy atom. The lowest BCUT2D eigenvalue weighted by Crippen LogP contribution is -2.36. The average molecular weight is 420 g/mol. The van der Waals surface area contributed by atoms with Crippen LogP contribution in [0, 0.1) is 0 Å². The number of ether oxygens (including phenoxy) is 1. The number of carbonyl (C=O) groups excluding carboxylic acids is 1. The predicted octanol–water partition coefficient (Wildman–Crippen LogP) is 1.34. The Morgan fingerprint density at radius 1 is 1.23 bits per heavy atom. The minimum atomic E-state index is -0.250. The molecule has 0 unspecified atom stereocenters. The second-order valence-electron chi connectivity index (χ2n) is 6.59. The van der Waals surface area contributed by atoms with Gasteiger partial charge in [-0.1, -0.05) is 0 Å². The zero-order valence-corrected chi connectivity index (χ0v) is 17.2. The van der Waals surface area contributed by atoms with Crippen LogP contribution in [0.3, 0.4) is 0 Å². The van der Waals surface area contributed by atoms with Crippen molar-refractivity contribution in [1.82, 2.24) is 19.8 Å². The molecular weight excluding hydrogens is 392 g/mol. The number of nitrogens with one attached hydrogen (secondary N) is 1. The molecule has 0 radical (unpaired) electrons. The van der Waals surface area contributed by atoms with Crippen molar-refractivity contribution in [1.29, 1.82) is 0 Å². The molecule has 10 heteroatoms. The number of amides is 1. The second-order valence-corrected chi connectivity index (χ2v) is 6.59. The summed E-state index contributed by atoms with van der Waals surface area (Å²) in [4.78, 5) is 40.8. The number of H-pyrrole nitrogens is 1. The molecule has 0 saturated carbocycles. The first kappa shape index (κ1) is 24.6. The number of carbonyl (C=O) groups is 3. The lowest BCUT2D eigenvalue weighted by molar-refractivity contribution is -0.123. The van der Waals surface area contributed by atoms with Crippen LogP contribution in [0.25, 0.3) is 0 Å². The normalized spacial score (nSPS) is 11.6. The van der Waals surface area contributed by atoms with E-state index >= 15 is 0 Å². The van der Waals surface area contributed by atoms with Gasteiger partial charge in [-0.25, -0.2) is 4.98 Å². The standard InChI is InChI=1S/C18H24N4O2.2CH2O2/c1-21(2)7-8-22(12-16-11-19-13-20-16)18(23)15-5-6-17-14(10-15)4-3-9-24-17;2*2-1-3/h5-6,10-11,13H,3-4,7-9,12H2,1-2H3,(H,19,20);2*1H,(H,2,3). The van der Waals surface area contributed by atoms with Crippen molar-refractivity contribution in [3.63, 3.8) is 0 Å². The minimum absolute atomic E-state index is 0.0415. The van der Waals surface area contributed by atoms with E-state index < -0.39 is 0 Å². The SMILES string of the molecule is CN(C)CCN(Cc1cnc[nH]1)C(=O)c1ccc2c(c1)CCCO2.O=CO.O=CO. The summed E-state index contributed by atoms with van der Waals surface area (Å²) in [5.74, 6) is 0.950. The lowest BCUT2D eigenvalue weighted by atomic mass is 10.0. The van der Waals surface area contributed by atoms with Crippen LogP contribution in [0.5, 0.6) is 5.75 Å². The molecule has 3 N–H and O–H groups in total. The van der Waals surface area contributed by atoms with Crippen LogP contribution in [0.4, 0.5) is 0 Å². The number of aryl methyl sites for hydroxylation is 1. The lowest BCUT2D eigenvalue weighted by Gasteiger charge is -2.25. The van der Waals surface area contributed by atoms with Gasteiger partial charge < -0.3 is 29.7 Å². The summed E-state index contributed by atoms with van der Waals surface area (Å²) in [6.07, 6.45) is 5.37. The van der Waals surface area contributed by atoms with Gasteiger partial charge in [0.25, 0.3) is 18.9 Å². The van der Waals surface area contributed by atoms with E-state index in [-0.39, 0.29) is 18.9 Å². The molecule has 2 aromatic rings. The first-order valence-electron chi connectivity index (χ1n) is 9.29. The summed E-state index contributed by atoms with van der Waals surface area (Å²) < 4.78 is 5.64. The zero-order valence-electron chi connectivity index (χ0n) is 17.2. The Labute approximate surface area is 175 Å². The van der Waals surface area contributed by atoms with E-state index in [0.717, 1.165) is 48.6 Å². The number of rotatable bonds is 6. The highest BCUT2D eigenvalue weighted by molar-refractivity contribution is 5.94. The molecule has 0 fully saturated rings. The Kier molecular flexibility index (Phi) is 11.3. The van der Waals surface area contributed by atoms with Crippen molar-refractivity contribution in [2.24, 2.45) is 0 Å². The van der Waals surface area contributed by atoms with Crippen molar-refractivity contribution in [2.45, 2.75) is 19.4 Å². The van der Waals surface area contributed by atoms with Crippen LogP contribution in [-0.2, 0) is 22.6 Å². The maximum Gasteiger partial charge on any atom is 0.290 e. The number of hydrogen-bond acceptors (Lipinski definition) is 6. The van der Waals surface area contributed by atoms with Crippen LogP contribution in [0.15, 0.2) is 30.7 Å². The largest absolute Gasteiger partial charge is 0.493 e. The molecule has 0 bridgehead atoms.